The lowest BCUT2D eigenvalue weighted by atomic mass is 9.91. The van der Waals surface area contributed by atoms with Crippen LogP contribution in [0.1, 0.15) is 49.3 Å². The molecule has 8 heteroatoms. The largest absolute Gasteiger partial charge is 0.342 e. The van der Waals surface area contributed by atoms with Gasteiger partial charge in [0, 0.05) is 25.2 Å². The fourth-order valence-electron chi connectivity index (χ4n) is 4.74. The first kappa shape index (κ1) is 21.1. The van der Waals surface area contributed by atoms with E-state index in [0.29, 0.717) is 23.5 Å². The number of aryl methyl sites for hydroxylation is 2. The molecule has 0 aliphatic carbocycles. The molecule has 8 nitrogen and oxygen atoms in total. The standard InChI is InChI=1S/C23H29N5O3/c1-12-5-6-17(15(4)8-12)24-21(30)16-9-18(29)25-20-19(16)22(31)27-23(26-20)28-10-13(2)7-14(3)11-28/h5-6,8,13-14,16H,7,9-11H2,1-4H3,(H,24,30)(H2,25,26,27,29,31)/t13-,14-,16+/m0/s1. The normalized spacial score (nSPS) is 23.2. The van der Waals surface area contributed by atoms with Gasteiger partial charge in [0.1, 0.15) is 5.82 Å². The first-order valence-electron chi connectivity index (χ1n) is 10.8. The zero-order valence-electron chi connectivity index (χ0n) is 18.4. The van der Waals surface area contributed by atoms with E-state index in [4.69, 9.17) is 0 Å². The van der Waals surface area contributed by atoms with Crippen molar-refractivity contribution in [2.45, 2.75) is 46.5 Å². The number of nitrogens with zero attached hydrogens (tertiary/aromatic N) is 2. The van der Waals surface area contributed by atoms with Crippen molar-refractivity contribution >= 4 is 29.3 Å². The third-order valence-electron chi connectivity index (χ3n) is 6.06. The molecule has 0 unspecified atom stereocenters. The third-order valence-corrected chi connectivity index (χ3v) is 6.06. The molecule has 1 aromatic carbocycles. The number of amides is 2. The van der Waals surface area contributed by atoms with Gasteiger partial charge in [-0.2, -0.15) is 4.98 Å². The fourth-order valence-corrected chi connectivity index (χ4v) is 4.74. The summed E-state index contributed by atoms with van der Waals surface area (Å²) in [5.74, 6) is -0.0126. The zero-order valence-corrected chi connectivity index (χ0v) is 18.4. The summed E-state index contributed by atoms with van der Waals surface area (Å²) in [5, 5.41) is 5.57. The Bertz CT molecular complexity index is 1080. The minimum atomic E-state index is -0.894. The van der Waals surface area contributed by atoms with Gasteiger partial charge in [0.2, 0.25) is 17.8 Å². The van der Waals surface area contributed by atoms with Gasteiger partial charge < -0.3 is 15.5 Å². The molecule has 2 aliphatic heterocycles. The van der Waals surface area contributed by atoms with Gasteiger partial charge in [-0.15, -0.1) is 0 Å². The SMILES string of the molecule is Cc1ccc(NC(=O)[C@@H]2CC(=O)Nc3nc(N4C[C@@H](C)C[C@H](C)C4)[nH]c(=O)c32)c(C)c1. The van der Waals surface area contributed by atoms with E-state index in [1.54, 1.807) is 0 Å². The Labute approximate surface area is 181 Å². The van der Waals surface area contributed by atoms with Crippen LogP contribution in [0.25, 0.3) is 0 Å². The van der Waals surface area contributed by atoms with E-state index >= 15 is 0 Å². The van der Waals surface area contributed by atoms with Gasteiger partial charge in [-0.05, 0) is 43.7 Å². The number of piperidine rings is 1. The topological polar surface area (TPSA) is 107 Å². The summed E-state index contributed by atoms with van der Waals surface area (Å²) in [7, 11) is 0. The van der Waals surface area contributed by atoms with Crippen molar-refractivity contribution in [3.05, 3.63) is 45.2 Å². The number of hydrogen-bond donors (Lipinski definition) is 3. The van der Waals surface area contributed by atoms with Crippen molar-refractivity contribution in [1.82, 2.24) is 9.97 Å². The zero-order chi connectivity index (χ0) is 22.3. The predicted octanol–water partition coefficient (Wildman–Crippen LogP) is 2.93. The number of nitrogens with one attached hydrogen (secondary N) is 3. The third kappa shape index (κ3) is 4.33. The van der Waals surface area contributed by atoms with E-state index in [2.05, 4.69) is 34.4 Å². The van der Waals surface area contributed by atoms with Crippen LogP contribution in [0.4, 0.5) is 17.5 Å². The van der Waals surface area contributed by atoms with E-state index in [-0.39, 0.29) is 35.2 Å². The van der Waals surface area contributed by atoms with Crippen LogP contribution in [0.3, 0.4) is 0 Å². The quantitative estimate of drug-likeness (QED) is 0.704. The molecule has 2 aliphatic rings. The lowest BCUT2D eigenvalue weighted by Gasteiger charge is -2.35. The molecular formula is C23H29N5O3. The number of aromatic amines is 1. The van der Waals surface area contributed by atoms with E-state index in [0.717, 1.165) is 30.6 Å². The molecule has 31 heavy (non-hydrogen) atoms. The van der Waals surface area contributed by atoms with Gasteiger partial charge in [0.05, 0.1) is 11.5 Å². The smallest absolute Gasteiger partial charge is 0.258 e. The van der Waals surface area contributed by atoms with Crippen molar-refractivity contribution in [3.63, 3.8) is 0 Å². The molecule has 2 amide bonds. The number of anilines is 3. The molecule has 3 heterocycles. The minimum absolute atomic E-state index is 0.0916. The second-order valence-corrected chi connectivity index (χ2v) is 9.12. The Hall–Kier alpha value is -3.16. The molecule has 1 aromatic heterocycles. The van der Waals surface area contributed by atoms with Crippen molar-refractivity contribution < 1.29 is 9.59 Å². The van der Waals surface area contributed by atoms with Crippen LogP contribution in [0.2, 0.25) is 0 Å². The highest BCUT2D eigenvalue weighted by Gasteiger charge is 2.35. The Kier molecular flexibility index (Phi) is 5.56. The van der Waals surface area contributed by atoms with Crippen LogP contribution in [-0.2, 0) is 9.59 Å². The van der Waals surface area contributed by atoms with E-state index in [1.165, 1.54) is 0 Å². The molecule has 164 valence electrons. The summed E-state index contributed by atoms with van der Waals surface area (Å²) >= 11 is 0. The minimum Gasteiger partial charge on any atom is -0.342 e. The Morgan fingerprint density at radius 3 is 2.55 bits per heavy atom. The van der Waals surface area contributed by atoms with Crippen LogP contribution in [0.15, 0.2) is 23.0 Å². The molecular weight excluding hydrogens is 394 g/mol. The fraction of sp³-hybridized carbons (Fsp3) is 0.478. The number of H-pyrrole nitrogens is 1. The maximum Gasteiger partial charge on any atom is 0.258 e. The molecule has 0 bridgehead atoms. The van der Waals surface area contributed by atoms with Gasteiger partial charge in [0.15, 0.2) is 0 Å². The van der Waals surface area contributed by atoms with Crippen LogP contribution >= 0.6 is 0 Å². The first-order valence-corrected chi connectivity index (χ1v) is 10.8. The highest BCUT2D eigenvalue weighted by atomic mass is 16.2. The summed E-state index contributed by atoms with van der Waals surface area (Å²) < 4.78 is 0. The lowest BCUT2D eigenvalue weighted by molar-refractivity contribution is -0.123. The number of fused-ring (bicyclic) bond motifs is 1. The number of carbonyl (C=O) groups excluding carboxylic acids is 2. The number of aromatic nitrogens is 2. The average Bonchev–Trinajstić information content (AvgIpc) is 2.68. The molecule has 2 aromatic rings. The monoisotopic (exact) mass is 423 g/mol. The second-order valence-electron chi connectivity index (χ2n) is 9.12. The lowest BCUT2D eigenvalue weighted by Crippen LogP contribution is -2.42. The molecule has 1 saturated heterocycles. The van der Waals surface area contributed by atoms with Crippen molar-refractivity contribution in [1.29, 1.82) is 0 Å². The van der Waals surface area contributed by atoms with E-state index in [9.17, 15) is 14.4 Å². The second kappa shape index (κ2) is 8.17. The van der Waals surface area contributed by atoms with Crippen LogP contribution < -0.4 is 21.1 Å². The van der Waals surface area contributed by atoms with E-state index < -0.39 is 5.92 Å². The van der Waals surface area contributed by atoms with Crippen molar-refractivity contribution in [2.75, 3.05) is 28.6 Å². The highest BCUT2D eigenvalue weighted by Crippen LogP contribution is 2.32. The van der Waals surface area contributed by atoms with Gasteiger partial charge in [-0.1, -0.05) is 31.5 Å². The first-order chi connectivity index (χ1) is 14.7. The summed E-state index contributed by atoms with van der Waals surface area (Å²) in [5.41, 5.74) is 2.51. The molecule has 0 saturated carbocycles. The van der Waals surface area contributed by atoms with Crippen molar-refractivity contribution in [3.8, 4) is 0 Å². The average molecular weight is 424 g/mol. The van der Waals surface area contributed by atoms with Gasteiger partial charge in [-0.3, -0.25) is 19.4 Å². The van der Waals surface area contributed by atoms with Crippen LogP contribution in [0, 0.1) is 25.7 Å². The molecule has 3 atom stereocenters. The van der Waals surface area contributed by atoms with Gasteiger partial charge in [-0.25, -0.2) is 0 Å². The maximum absolute atomic E-state index is 13.1. The van der Waals surface area contributed by atoms with Gasteiger partial charge in [0.25, 0.3) is 5.56 Å². The number of rotatable bonds is 3. The van der Waals surface area contributed by atoms with Crippen molar-refractivity contribution in [2.24, 2.45) is 11.8 Å². The maximum atomic E-state index is 13.1. The molecule has 0 radical (unpaired) electrons. The Morgan fingerprint density at radius 2 is 1.87 bits per heavy atom. The summed E-state index contributed by atoms with van der Waals surface area (Å²) in [6.45, 7) is 9.81. The highest BCUT2D eigenvalue weighted by molar-refractivity contribution is 6.04. The molecule has 1 fully saturated rings. The van der Waals surface area contributed by atoms with Gasteiger partial charge >= 0.3 is 0 Å². The molecule has 4 rings (SSSR count). The van der Waals surface area contributed by atoms with Crippen LogP contribution in [0.5, 0.6) is 0 Å². The summed E-state index contributed by atoms with van der Waals surface area (Å²) in [4.78, 5) is 47.9. The Balaban J connectivity index is 1.65. The number of benzene rings is 1. The molecule has 3 N–H and O–H groups in total. The van der Waals surface area contributed by atoms with Crippen LogP contribution in [-0.4, -0.2) is 34.9 Å². The molecule has 0 spiro atoms. The predicted molar refractivity (Wildman–Crippen MR) is 121 cm³/mol. The van der Waals surface area contributed by atoms with E-state index in [1.807, 2.05) is 36.9 Å². The summed E-state index contributed by atoms with van der Waals surface area (Å²) in [6.07, 6.45) is 1.04. The Morgan fingerprint density at radius 1 is 1.16 bits per heavy atom. The number of carbonyl (C=O) groups is 2. The number of hydrogen-bond acceptors (Lipinski definition) is 5. The summed E-state index contributed by atoms with van der Waals surface area (Å²) in [6, 6.07) is 5.71.